The fourth-order valence-electron chi connectivity index (χ4n) is 7.22. The lowest BCUT2D eigenvalue weighted by molar-refractivity contribution is -0.268. The number of nitrogens with one attached hydrogen (secondary N) is 1. The number of benzene rings is 5. The van der Waals surface area contributed by atoms with Gasteiger partial charge in [-0.05, 0) is 74.1 Å². The fourth-order valence-corrected chi connectivity index (χ4v) is 8.28. The van der Waals surface area contributed by atoms with Crippen molar-refractivity contribution in [3.05, 3.63) is 155 Å². The van der Waals surface area contributed by atoms with E-state index in [1.165, 1.54) is 16.7 Å². The Morgan fingerprint density at radius 1 is 0.850 bits per heavy atom. The predicted octanol–water partition coefficient (Wildman–Crippen LogP) is 6.66. The summed E-state index contributed by atoms with van der Waals surface area (Å²) in [4.78, 5) is 39.8. The molecule has 1 aromatic heterocycles. The van der Waals surface area contributed by atoms with Gasteiger partial charge in [-0.2, -0.15) is 4.68 Å². The molecule has 2 aliphatic rings. The first-order chi connectivity index (χ1) is 29.2. The number of rotatable bonds is 13. The third-order valence-corrected chi connectivity index (χ3v) is 11.6. The summed E-state index contributed by atoms with van der Waals surface area (Å²) in [7, 11) is 0. The monoisotopic (exact) mass is 826 g/mol. The maximum Gasteiger partial charge on any atom is 0.408 e. The van der Waals surface area contributed by atoms with Gasteiger partial charge in [-0.3, -0.25) is 14.5 Å². The van der Waals surface area contributed by atoms with Gasteiger partial charge in [0, 0.05) is 17.2 Å². The number of likely N-dealkylation sites (tertiary alicyclic amines) is 1. The quantitative estimate of drug-likeness (QED) is 0.0834. The van der Waals surface area contributed by atoms with Crippen LogP contribution in [0.25, 0.3) is 16.8 Å². The number of aliphatic hydroxyl groups is 1. The summed E-state index contributed by atoms with van der Waals surface area (Å²) in [5, 5.41) is 34.8. The molecule has 0 radical (unpaired) electrons. The molecule has 0 spiro atoms. The van der Waals surface area contributed by atoms with Gasteiger partial charge < -0.3 is 29.7 Å². The number of ether oxygens (including phenoxy) is 3. The zero-order valence-electron chi connectivity index (χ0n) is 32.5. The molecule has 0 saturated carbocycles. The Hall–Kier alpha value is -6.39. The zero-order valence-corrected chi connectivity index (χ0v) is 33.4. The number of hydrogen-bond donors (Lipinski definition) is 3. The van der Waals surface area contributed by atoms with Crippen molar-refractivity contribution in [1.82, 2.24) is 30.4 Å². The van der Waals surface area contributed by atoms with Gasteiger partial charge in [0.1, 0.15) is 18.4 Å². The molecule has 5 aromatic carbocycles. The number of amides is 3. The first-order valence-electron chi connectivity index (χ1n) is 19.4. The lowest BCUT2D eigenvalue weighted by atomic mass is 9.91. The normalized spacial score (nSPS) is 20.3. The molecule has 306 valence electrons. The van der Waals surface area contributed by atoms with Crippen molar-refractivity contribution in [3.8, 4) is 22.6 Å². The van der Waals surface area contributed by atoms with Gasteiger partial charge in [0.05, 0.1) is 37.5 Å². The van der Waals surface area contributed by atoms with Crippen LogP contribution < -0.4 is 5.32 Å². The Morgan fingerprint density at radius 3 is 2.33 bits per heavy atom. The highest BCUT2D eigenvalue weighted by Crippen LogP contribution is 2.43. The fraction of sp³-hybridized carbons (Fsp3) is 0.244. The first-order valence-corrected chi connectivity index (χ1v) is 20.4. The summed E-state index contributed by atoms with van der Waals surface area (Å²) in [6.45, 7) is 2.14. The number of thioether (sulfide) groups is 1. The van der Waals surface area contributed by atoms with Crippen LogP contribution in [0.2, 0.25) is 0 Å². The second kappa shape index (κ2) is 18.3. The largest absolute Gasteiger partial charge is 0.508 e. The van der Waals surface area contributed by atoms with Crippen LogP contribution in [-0.2, 0) is 43.6 Å². The number of nitrogens with zero attached hydrogens (tertiary/aromatic N) is 5. The smallest absolute Gasteiger partial charge is 0.408 e. The molecule has 8 rings (SSSR count). The van der Waals surface area contributed by atoms with E-state index in [4.69, 9.17) is 14.2 Å². The average molecular weight is 827 g/mol. The molecule has 3 heterocycles. The number of alkyl carbamates (subject to hydrolysis) is 1. The number of hydrogen-bond acceptors (Lipinski definition) is 12. The molecule has 60 heavy (non-hydrogen) atoms. The second-order valence-corrected chi connectivity index (χ2v) is 15.6. The molecule has 1 unspecified atom stereocenters. The highest BCUT2D eigenvalue weighted by molar-refractivity contribution is 7.99. The highest BCUT2D eigenvalue weighted by Gasteiger charge is 2.40. The topological polar surface area (TPSA) is 178 Å². The van der Waals surface area contributed by atoms with Crippen molar-refractivity contribution in [2.24, 2.45) is 5.92 Å². The van der Waals surface area contributed by atoms with Crippen molar-refractivity contribution < 1.29 is 38.8 Å². The van der Waals surface area contributed by atoms with Gasteiger partial charge in [-0.15, -0.1) is 5.10 Å². The number of phenols is 1. The SMILES string of the molecule is C[C@@H]1[C@H](CSc2nnnn2-c2ccc(O)cc2)O[C@H](c2ccc(-c3cccc(CN4C(=O)CC(NC(=O)OCc5ccccc5)C4=O)c3)cc2)O[C@@H]1c1ccc(CO)cc1. The van der Waals surface area contributed by atoms with Gasteiger partial charge in [-0.25, -0.2) is 4.79 Å². The van der Waals surface area contributed by atoms with E-state index in [0.29, 0.717) is 16.6 Å². The standard InChI is InChI=1S/C45H42N6O8S/c1-28-39(27-60-44-47-48-49-51(44)36-18-20-37(53)21-19-36)58-43(59-41(28)33-12-10-29(25-52)11-13-33)34-16-14-32(15-17-34)35-9-5-8-31(22-35)24-50-40(54)23-38(42(50)55)46-45(56)57-26-30-6-3-2-4-7-30/h2-22,28,38-39,41,43,52-53H,23-27H2,1H3,(H,46,56)/t28-,38?,39+,41+,43+/m1/s1. The molecule has 3 amide bonds. The molecule has 6 aromatic rings. The molecule has 15 heteroatoms. The minimum Gasteiger partial charge on any atom is -0.508 e. The summed E-state index contributed by atoms with van der Waals surface area (Å²) in [6, 6.07) is 38.1. The van der Waals surface area contributed by atoms with Gasteiger partial charge >= 0.3 is 6.09 Å². The van der Waals surface area contributed by atoms with Crippen LogP contribution >= 0.6 is 11.8 Å². The number of aromatic nitrogens is 4. The van der Waals surface area contributed by atoms with E-state index >= 15 is 0 Å². The Morgan fingerprint density at radius 2 is 1.58 bits per heavy atom. The predicted molar refractivity (Wildman–Crippen MR) is 220 cm³/mol. The van der Waals surface area contributed by atoms with Crippen LogP contribution in [0.1, 0.15) is 53.6 Å². The van der Waals surface area contributed by atoms with Gasteiger partial charge in [0.15, 0.2) is 6.29 Å². The third kappa shape index (κ3) is 9.24. The van der Waals surface area contributed by atoms with Gasteiger partial charge in [0.25, 0.3) is 5.91 Å². The highest BCUT2D eigenvalue weighted by atomic mass is 32.2. The van der Waals surface area contributed by atoms with Crippen LogP contribution in [0.15, 0.2) is 133 Å². The molecule has 0 aliphatic carbocycles. The molecule has 2 fully saturated rings. The molecule has 14 nitrogen and oxygen atoms in total. The summed E-state index contributed by atoms with van der Waals surface area (Å²) < 4.78 is 20.2. The second-order valence-electron chi connectivity index (χ2n) is 14.6. The number of aliphatic hydroxyl groups excluding tert-OH is 1. The van der Waals surface area contributed by atoms with Crippen LogP contribution in [0, 0.1) is 5.92 Å². The number of carbonyl (C=O) groups excluding carboxylic acids is 3. The minimum absolute atomic E-state index is 0.0488. The van der Waals surface area contributed by atoms with Crippen LogP contribution in [0.3, 0.4) is 0 Å². The zero-order chi connectivity index (χ0) is 41.6. The van der Waals surface area contributed by atoms with Crippen LogP contribution in [0.5, 0.6) is 5.75 Å². The van der Waals surface area contributed by atoms with E-state index in [1.807, 2.05) is 103 Å². The first kappa shape index (κ1) is 40.4. The van der Waals surface area contributed by atoms with E-state index in [2.05, 4.69) is 27.8 Å². The number of phenolic OH excluding ortho intramolecular Hbond substituents is 1. The summed E-state index contributed by atoms with van der Waals surface area (Å²) in [5.74, 6) is -0.258. The van der Waals surface area contributed by atoms with Crippen molar-refractivity contribution in [2.45, 2.75) is 62.8 Å². The van der Waals surface area contributed by atoms with Crippen molar-refractivity contribution in [2.75, 3.05) is 5.75 Å². The summed E-state index contributed by atoms with van der Waals surface area (Å²) >= 11 is 1.46. The molecular weight excluding hydrogens is 785 g/mol. The molecule has 0 bridgehead atoms. The molecular formula is C45H42N6O8S. The van der Waals surface area contributed by atoms with Gasteiger partial charge in [-0.1, -0.05) is 116 Å². The summed E-state index contributed by atoms with van der Waals surface area (Å²) in [5.41, 5.74) is 6.66. The Bertz CT molecular complexity index is 2430. The summed E-state index contributed by atoms with van der Waals surface area (Å²) in [6.07, 6.45) is -2.20. The molecule has 3 N–H and O–H groups in total. The van der Waals surface area contributed by atoms with Crippen molar-refractivity contribution in [3.63, 3.8) is 0 Å². The lowest BCUT2D eigenvalue weighted by Crippen LogP contribution is -2.41. The Labute approximate surface area is 350 Å². The molecule has 5 atom stereocenters. The minimum atomic E-state index is -0.996. The maximum atomic E-state index is 13.2. The van der Waals surface area contributed by atoms with E-state index in [9.17, 15) is 24.6 Å². The number of aromatic hydroxyl groups is 1. The third-order valence-electron chi connectivity index (χ3n) is 10.6. The Balaban J connectivity index is 0.944. The van der Waals surface area contributed by atoms with E-state index in [-0.39, 0.29) is 56.0 Å². The lowest BCUT2D eigenvalue weighted by Gasteiger charge is -2.41. The number of carbonyl (C=O) groups is 3. The Kier molecular flexibility index (Phi) is 12.3. The molecule has 2 saturated heterocycles. The van der Waals surface area contributed by atoms with E-state index < -0.39 is 24.3 Å². The van der Waals surface area contributed by atoms with Crippen molar-refractivity contribution in [1.29, 1.82) is 0 Å². The van der Waals surface area contributed by atoms with Crippen molar-refractivity contribution >= 4 is 29.7 Å². The van der Waals surface area contributed by atoms with Gasteiger partial charge in [0.2, 0.25) is 11.1 Å². The van der Waals surface area contributed by atoms with Crippen LogP contribution in [-0.4, -0.2) is 71.1 Å². The number of tetrazole rings is 1. The number of imide groups is 1. The van der Waals surface area contributed by atoms with E-state index in [0.717, 1.165) is 38.9 Å². The van der Waals surface area contributed by atoms with E-state index in [1.54, 1.807) is 28.9 Å². The van der Waals surface area contributed by atoms with Crippen LogP contribution in [0.4, 0.5) is 4.79 Å². The average Bonchev–Trinajstić information content (AvgIpc) is 3.86. The maximum absolute atomic E-state index is 13.2. The molecule has 2 aliphatic heterocycles.